The number of ether oxygens (including phenoxy) is 1. The molecule has 0 heterocycles. The van der Waals surface area contributed by atoms with Gasteiger partial charge in [0.05, 0.1) is 6.54 Å². The van der Waals surface area contributed by atoms with Crippen molar-refractivity contribution in [3.63, 3.8) is 0 Å². The van der Waals surface area contributed by atoms with Crippen LogP contribution >= 0.6 is 15.9 Å². The summed E-state index contributed by atoms with van der Waals surface area (Å²) in [6, 6.07) is 14.7. The van der Waals surface area contributed by atoms with Gasteiger partial charge in [0.1, 0.15) is 12.4 Å². The largest absolute Gasteiger partial charge is 0.492 e. The number of carbonyl (C=O) groups excluding carboxylic acids is 2. The fourth-order valence-electron chi connectivity index (χ4n) is 2.01. The Morgan fingerprint density at radius 1 is 1.16 bits per heavy atom. The van der Waals surface area contributed by atoms with Gasteiger partial charge in [-0.2, -0.15) is 0 Å². The first-order chi connectivity index (χ1) is 12.0. The van der Waals surface area contributed by atoms with Crippen LogP contribution in [0, 0.1) is 0 Å². The number of amides is 2. The molecule has 0 saturated heterocycles. The maximum atomic E-state index is 11.8. The summed E-state index contributed by atoms with van der Waals surface area (Å²) >= 11 is 3.37. The summed E-state index contributed by atoms with van der Waals surface area (Å²) in [6.45, 7) is 2.26. The van der Waals surface area contributed by atoms with Crippen LogP contribution in [0.1, 0.15) is 12.5 Å². The Morgan fingerprint density at radius 3 is 2.60 bits per heavy atom. The summed E-state index contributed by atoms with van der Waals surface area (Å²) in [5, 5.41) is 5.44. The average molecular weight is 403 g/mol. The lowest BCUT2D eigenvalue weighted by atomic mass is 10.2. The fraction of sp³-hybridized carbons (Fsp3) is 0.158. The number of anilines is 1. The zero-order chi connectivity index (χ0) is 18.1. The van der Waals surface area contributed by atoms with Crippen molar-refractivity contribution in [3.8, 4) is 5.75 Å². The van der Waals surface area contributed by atoms with Crippen molar-refractivity contribution in [2.45, 2.75) is 6.92 Å². The first-order valence-electron chi connectivity index (χ1n) is 7.75. The molecule has 0 atom stereocenters. The second-order valence-corrected chi connectivity index (χ2v) is 6.15. The number of rotatable bonds is 7. The summed E-state index contributed by atoms with van der Waals surface area (Å²) in [7, 11) is 0. The van der Waals surface area contributed by atoms with Crippen LogP contribution in [-0.4, -0.2) is 25.0 Å². The van der Waals surface area contributed by atoms with E-state index in [1.807, 2.05) is 36.4 Å². The topological polar surface area (TPSA) is 67.4 Å². The number of halogens is 1. The molecule has 130 valence electrons. The van der Waals surface area contributed by atoms with Gasteiger partial charge in [-0.05, 0) is 42.0 Å². The predicted octanol–water partition coefficient (Wildman–Crippen LogP) is 3.62. The van der Waals surface area contributed by atoms with Crippen LogP contribution in [0.15, 0.2) is 59.1 Å². The SMILES string of the molecule is CC(=O)Nc1ccc(/C=C/C(=O)NCCOc2cccc(Br)c2)cc1. The van der Waals surface area contributed by atoms with E-state index in [4.69, 9.17) is 4.74 Å². The molecule has 0 aliphatic carbocycles. The zero-order valence-corrected chi connectivity index (χ0v) is 15.4. The van der Waals surface area contributed by atoms with Crippen LogP contribution in [0.25, 0.3) is 6.08 Å². The number of benzene rings is 2. The summed E-state index contributed by atoms with van der Waals surface area (Å²) in [5.74, 6) is 0.440. The molecule has 0 unspecified atom stereocenters. The number of nitrogens with one attached hydrogen (secondary N) is 2. The smallest absolute Gasteiger partial charge is 0.244 e. The third-order valence-electron chi connectivity index (χ3n) is 3.12. The summed E-state index contributed by atoms with van der Waals surface area (Å²) < 4.78 is 6.49. The number of hydrogen-bond donors (Lipinski definition) is 2. The van der Waals surface area contributed by atoms with Crippen molar-refractivity contribution >= 4 is 39.5 Å². The van der Waals surface area contributed by atoms with Crippen molar-refractivity contribution < 1.29 is 14.3 Å². The predicted molar refractivity (Wildman–Crippen MR) is 102 cm³/mol. The Morgan fingerprint density at radius 2 is 1.92 bits per heavy atom. The Balaban J connectivity index is 1.72. The lowest BCUT2D eigenvalue weighted by Gasteiger charge is -2.06. The van der Waals surface area contributed by atoms with E-state index in [-0.39, 0.29) is 11.8 Å². The van der Waals surface area contributed by atoms with Gasteiger partial charge in [-0.15, -0.1) is 0 Å². The highest BCUT2D eigenvalue weighted by Crippen LogP contribution is 2.17. The van der Waals surface area contributed by atoms with Crippen LogP contribution in [-0.2, 0) is 9.59 Å². The lowest BCUT2D eigenvalue weighted by Crippen LogP contribution is -2.26. The third-order valence-corrected chi connectivity index (χ3v) is 3.62. The van der Waals surface area contributed by atoms with Crippen LogP contribution in [0.3, 0.4) is 0 Å². The van der Waals surface area contributed by atoms with E-state index in [0.29, 0.717) is 13.2 Å². The van der Waals surface area contributed by atoms with Crippen LogP contribution in [0.2, 0.25) is 0 Å². The van der Waals surface area contributed by atoms with Gasteiger partial charge in [0, 0.05) is 23.2 Å². The minimum atomic E-state index is -0.191. The van der Waals surface area contributed by atoms with Crippen LogP contribution in [0.4, 0.5) is 5.69 Å². The minimum absolute atomic E-state index is 0.118. The van der Waals surface area contributed by atoms with Crippen LogP contribution in [0.5, 0.6) is 5.75 Å². The van der Waals surface area contributed by atoms with Gasteiger partial charge in [-0.1, -0.05) is 34.1 Å². The summed E-state index contributed by atoms with van der Waals surface area (Å²) in [5.41, 5.74) is 1.59. The van der Waals surface area contributed by atoms with Gasteiger partial charge < -0.3 is 15.4 Å². The molecule has 2 amide bonds. The molecule has 0 radical (unpaired) electrons. The Kier molecular flexibility index (Phi) is 7.22. The molecule has 0 aromatic heterocycles. The Labute approximate surface area is 155 Å². The molecule has 0 spiro atoms. The maximum Gasteiger partial charge on any atom is 0.244 e. The zero-order valence-electron chi connectivity index (χ0n) is 13.8. The first kappa shape index (κ1) is 18.7. The molecular formula is C19H19BrN2O3. The standard InChI is InChI=1S/C19H19BrN2O3/c1-14(23)22-17-8-5-15(6-9-17)7-10-19(24)21-11-12-25-18-4-2-3-16(20)13-18/h2-10,13H,11-12H2,1H3,(H,21,24)(H,22,23)/b10-7+. The normalized spacial score (nSPS) is 10.5. The molecule has 6 heteroatoms. The third kappa shape index (κ3) is 7.22. The maximum absolute atomic E-state index is 11.8. The average Bonchev–Trinajstić information content (AvgIpc) is 2.58. The van der Waals surface area contributed by atoms with E-state index in [1.54, 1.807) is 18.2 Å². The van der Waals surface area contributed by atoms with Gasteiger partial charge >= 0.3 is 0 Å². The number of carbonyl (C=O) groups is 2. The van der Waals surface area contributed by atoms with Gasteiger partial charge in [0.15, 0.2) is 0 Å². The highest BCUT2D eigenvalue weighted by Gasteiger charge is 1.98. The van der Waals surface area contributed by atoms with Crippen molar-refractivity contribution in [1.82, 2.24) is 5.32 Å². The molecule has 0 saturated carbocycles. The van der Waals surface area contributed by atoms with E-state index in [9.17, 15) is 9.59 Å². The molecule has 25 heavy (non-hydrogen) atoms. The molecular weight excluding hydrogens is 384 g/mol. The highest BCUT2D eigenvalue weighted by molar-refractivity contribution is 9.10. The summed E-state index contributed by atoms with van der Waals surface area (Å²) in [6.07, 6.45) is 3.18. The van der Waals surface area contributed by atoms with Gasteiger partial charge in [0.2, 0.25) is 11.8 Å². The molecule has 0 fully saturated rings. The van der Waals surface area contributed by atoms with Gasteiger partial charge in [-0.25, -0.2) is 0 Å². The minimum Gasteiger partial charge on any atom is -0.492 e. The molecule has 2 aromatic carbocycles. The van der Waals surface area contributed by atoms with E-state index >= 15 is 0 Å². The fourth-order valence-corrected chi connectivity index (χ4v) is 2.39. The van der Waals surface area contributed by atoms with E-state index in [0.717, 1.165) is 21.5 Å². The Hall–Kier alpha value is -2.60. The first-order valence-corrected chi connectivity index (χ1v) is 8.54. The van der Waals surface area contributed by atoms with Crippen molar-refractivity contribution in [2.24, 2.45) is 0 Å². The van der Waals surface area contributed by atoms with Crippen molar-refractivity contribution in [2.75, 3.05) is 18.5 Å². The molecule has 0 aliphatic heterocycles. The second kappa shape index (κ2) is 9.64. The van der Waals surface area contributed by atoms with Crippen molar-refractivity contribution in [1.29, 1.82) is 0 Å². The summed E-state index contributed by atoms with van der Waals surface area (Å²) in [4.78, 5) is 22.7. The molecule has 2 rings (SSSR count). The number of hydrogen-bond acceptors (Lipinski definition) is 3. The Bertz CT molecular complexity index is 758. The molecule has 2 aromatic rings. The highest BCUT2D eigenvalue weighted by atomic mass is 79.9. The second-order valence-electron chi connectivity index (χ2n) is 5.23. The van der Waals surface area contributed by atoms with Crippen LogP contribution < -0.4 is 15.4 Å². The quantitative estimate of drug-likeness (QED) is 0.548. The van der Waals surface area contributed by atoms with Gasteiger partial charge in [0.25, 0.3) is 0 Å². The van der Waals surface area contributed by atoms with E-state index in [2.05, 4.69) is 26.6 Å². The molecule has 5 nitrogen and oxygen atoms in total. The molecule has 2 N–H and O–H groups in total. The molecule has 0 bridgehead atoms. The molecule has 0 aliphatic rings. The van der Waals surface area contributed by atoms with Gasteiger partial charge in [-0.3, -0.25) is 9.59 Å². The van der Waals surface area contributed by atoms with E-state index in [1.165, 1.54) is 13.0 Å². The van der Waals surface area contributed by atoms with E-state index < -0.39 is 0 Å². The van der Waals surface area contributed by atoms with Crippen molar-refractivity contribution in [3.05, 3.63) is 64.6 Å². The monoisotopic (exact) mass is 402 g/mol. The lowest BCUT2D eigenvalue weighted by molar-refractivity contribution is -0.116.